The fraction of sp³-hybridized carbons (Fsp3) is 0.176. The van der Waals surface area contributed by atoms with Crippen molar-refractivity contribution < 1.29 is 13.9 Å². The van der Waals surface area contributed by atoms with Crippen LogP contribution in [-0.2, 0) is 4.79 Å². The minimum absolute atomic E-state index is 0.0673. The molecule has 0 saturated carbocycles. The van der Waals surface area contributed by atoms with Gasteiger partial charge in [0.15, 0.2) is 9.84 Å². The summed E-state index contributed by atoms with van der Waals surface area (Å²) in [5.74, 6) is 1.33. The molecular weight excluding hydrogens is 392 g/mol. The van der Waals surface area contributed by atoms with Crippen LogP contribution < -0.4 is 4.74 Å². The first-order valence-electron chi connectivity index (χ1n) is 7.30. The Hall–Kier alpha value is -1.99. The molecule has 0 N–H and O–H groups in total. The molecule has 0 bridgehead atoms. The number of rotatable bonds is 4. The molecule has 2 heterocycles. The van der Waals surface area contributed by atoms with Crippen molar-refractivity contribution in [1.29, 1.82) is 0 Å². The van der Waals surface area contributed by atoms with Crippen molar-refractivity contribution in [2.75, 3.05) is 13.7 Å². The standard InChI is InChI=1S/C17H15BrN2O3S/c1-3-20-16(21)14(10-13-8-9-15(18)23-13)24-17(20)19-11-4-6-12(22-2)7-5-11/h4-10H,3H2,1-2H3. The molecule has 7 heteroatoms. The van der Waals surface area contributed by atoms with E-state index in [1.54, 1.807) is 30.2 Å². The number of methoxy groups -OCH3 is 1. The molecule has 124 valence electrons. The van der Waals surface area contributed by atoms with Crippen LogP contribution >= 0.6 is 27.7 Å². The second-order valence-electron chi connectivity index (χ2n) is 4.89. The molecule has 1 fully saturated rings. The van der Waals surface area contributed by atoms with Gasteiger partial charge in [-0.25, -0.2) is 4.99 Å². The Balaban J connectivity index is 1.89. The fourth-order valence-corrected chi connectivity index (χ4v) is 3.53. The maximum Gasteiger partial charge on any atom is 0.266 e. The van der Waals surface area contributed by atoms with Gasteiger partial charge in [0.05, 0.1) is 17.7 Å². The van der Waals surface area contributed by atoms with Gasteiger partial charge in [-0.3, -0.25) is 9.69 Å². The summed E-state index contributed by atoms with van der Waals surface area (Å²) in [6.45, 7) is 2.48. The van der Waals surface area contributed by atoms with Crippen molar-refractivity contribution in [3.63, 3.8) is 0 Å². The largest absolute Gasteiger partial charge is 0.497 e. The number of nitrogens with zero attached hydrogens (tertiary/aromatic N) is 2. The number of benzene rings is 1. The molecule has 0 aliphatic carbocycles. The number of aliphatic imine (C=N–C) groups is 1. The van der Waals surface area contributed by atoms with Crippen LogP contribution in [0.2, 0.25) is 0 Å². The van der Waals surface area contributed by atoms with Gasteiger partial charge in [-0.2, -0.15) is 0 Å². The van der Waals surface area contributed by atoms with Crippen LogP contribution in [0.1, 0.15) is 12.7 Å². The van der Waals surface area contributed by atoms with Gasteiger partial charge in [-0.15, -0.1) is 0 Å². The zero-order chi connectivity index (χ0) is 17.1. The molecule has 5 nitrogen and oxygen atoms in total. The summed E-state index contributed by atoms with van der Waals surface area (Å²) in [6.07, 6.45) is 1.73. The lowest BCUT2D eigenvalue weighted by Gasteiger charge is -2.12. The summed E-state index contributed by atoms with van der Waals surface area (Å²) < 4.78 is 11.2. The van der Waals surface area contributed by atoms with Gasteiger partial charge in [0.25, 0.3) is 5.91 Å². The van der Waals surface area contributed by atoms with Crippen LogP contribution in [0.5, 0.6) is 5.75 Å². The van der Waals surface area contributed by atoms with Gasteiger partial charge >= 0.3 is 0 Å². The molecule has 0 radical (unpaired) electrons. The highest BCUT2D eigenvalue weighted by Crippen LogP contribution is 2.34. The number of ether oxygens (including phenoxy) is 1. The topological polar surface area (TPSA) is 55.0 Å². The first kappa shape index (κ1) is 16.9. The highest BCUT2D eigenvalue weighted by molar-refractivity contribution is 9.10. The number of amides is 1. The zero-order valence-corrected chi connectivity index (χ0v) is 15.6. The van der Waals surface area contributed by atoms with E-state index in [1.165, 1.54) is 11.8 Å². The molecule has 1 aromatic heterocycles. The lowest BCUT2D eigenvalue weighted by Crippen LogP contribution is -2.28. The normalized spacial score (nSPS) is 18.0. The Labute approximate surface area is 152 Å². The number of carbonyl (C=O) groups is 1. The molecule has 2 aromatic rings. The van der Waals surface area contributed by atoms with Crippen molar-refractivity contribution in [2.45, 2.75) is 6.92 Å². The van der Waals surface area contributed by atoms with Gasteiger partial charge in [-0.1, -0.05) is 0 Å². The van der Waals surface area contributed by atoms with Crippen LogP contribution in [0.4, 0.5) is 5.69 Å². The third kappa shape index (κ3) is 3.57. The summed E-state index contributed by atoms with van der Waals surface area (Å²) in [6, 6.07) is 11.0. The van der Waals surface area contributed by atoms with Crippen LogP contribution in [-0.4, -0.2) is 29.6 Å². The number of halogens is 1. The van der Waals surface area contributed by atoms with E-state index in [9.17, 15) is 4.79 Å². The lowest BCUT2D eigenvalue weighted by atomic mass is 10.3. The Morgan fingerprint density at radius 1 is 1.29 bits per heavy atom. The predicted octanol–water partition coefficient (Wildman–Crippen LogP) is 4.67. The fourth-order valence-electron chi connectivity index (χ4n) is 2.17. The third-order valence-electron chi connectivity index (χ3n) is 3.37. The summed E-state index contributed by atoms with van der Waals surface area (Å²) in [5, 5.41) is 0.657. The van der Waals surface area contributed by atoms with Crippen LogP contribution in [0.15, 0.2) is 55.4 Å². The zero-order valence-electron chi connectivity index (χ0n) is 13.2. The minimum atomic E-state index is -0.0673. The number of carbonyl (C=O) groups excluding carboxylic acids is 1. The Kier molecular flexibility index (Phi) is 5.11. The van der Waals surface area contributed by atoms with E-state index < -0.39 is 0 Å². The second-order valence-corrected chi connectivity index (χ2v) is 6.69. The number of thioether (sulfide) groups is 1. The van der Waals surface area contributed by atoms with Crippen molar-refractivity contribution in [2.24, 2.45) is 4.99 Å². The summed E-state index contributed by atoms with van der Waals surface area (Å²) >= 11 is 4.60. The maximum absolute atomic E-state index is 12.5. The third-order valence-corrected chi connectivity index (χ3v) is 4.80. The average molecular weight is 407 g/mol. The average Bonchev–Trinajstić information content (AvgIpc) is 3.12. The molecule has 1 aliphatic heterocycles. The highest BCUT2D eigenvalue weighted by atomic mass is 79.9. The number of amidine groups is 1. The maximum atomic E-state index is 12.5. The number of hydrogen-bond acceptors (Lipinski definition) is 5. The summed E-state index contributed by atoms with van der Waals surface area (Å²) in [5.41, 5.74) is 0.770. The van der Waals surface area contributed by atoms with E-state index in [-0.39, 0.29) is 5.91 Å². The summed E-state index contributed by atoms with van der Waals surface area (Å²) in [7, 11) is 1.62. The van der Waals surface area contributed by atoms with Crippen LogP contribution in [0, 0.1) is 0 Å². The molecule has 24 heavy (non-hydrogen) atoms. The van der Waals surface area contributed by atoms with E-state index >= 15 is 0 Å². The van der Waals surface area contributed by atoms with E-state index in [1.807, 2.05) is 31.2 Å². The first-order valence-corrected chi connectivity index (χ1v) is 8.91. The number of likely N-dealkylation sites (N-methyl/N-ethyl adjacent to an activating group) is 1. The molecule has 0 unspecified atom stereocenters. The molecule has 1 amide bonds. The van der Waals surface area contributed by atoms with Gasteiger partial charge in [0, 0.05) is 12.6 Å². The predicted molar refractivity (Wildman–Crippen MR) is 99.5 cm³/mol. The monoisotopic (exact) mass is 406 g/mol. The van der Waals surface area contributed by atoms with Gasteiger partial charge in [-0.05, 0) is 71.0 Å². The van der Waals surface area contributed by atoms with E-state index in [2.05, 4.69) is 20.9 Å². The van der Waals surface area contributed by atoms with Crippen molar-refractivity contribution in [3.8, 4) is 5.75 Å². The van der Waals surface area contributed by atoms with E-state index in [4.69, 9.17) is 9.15 Å². The minimum Gasteiger partial charge on any atom is -0.497 e. The van der Waals surface area contributed by atoms with E-state index in [0.717, 1.165) is 11.4 Å². The molecule has 1 aliphatic rings. The lowest BCUT2D eigenvalue weighted by molar-refractivity contribution is -0.122. The van der Waals surface area contributed by atoms with Gasteiger partial charge < -0.3 is 9.15 Å². The Bertz CT molecular complexity index is 811. The second kappa shape index (κ2) is 7.27. The summed E-state index contributed by atoms with van der Waals surface area (Å²) in [4.78, 5) is 19.4. The van der Waals surface area contributed by atoms with Crippen LogP contribution in [0.3, 0.4) is 0 Å². The van der Waals surface area contributed by atoms with Crippen molar-refractivity contribution in [1.82, 2.24) is 4.90 Å². The smallest absolute Gasteiger partial charge is 0.266 e. The molecule has 0 atom stereocenters. The quantitative estimate of drug-likeness (QED) is 0.691. The molecule has 1 aromatic carbocycles. The highest BCUT2D eigenvalue weighted by Gasteiger charge is 2.32. The van der Waals surface area contributed by atoms with E-state index in [0.29, 0.717) is 27.0 Å². The Morgan fingerprint density at radius 2 is 2.04 bits per heavy atom. The van der Waals surface area contributed by atoms with Crippen molar-refractivity contribution >= 4 is 50.5 Å². The first-order chi connectivity index (χ1) is 11.6. The van der Waals surface area contributed by atoms with Gasteiger partial charge in [0.2, 0.25) is 0 Å². The molecule has 3 rings (SSSR count). The molecule has 0 spiro atoms. The van der Waals surface area contributed by atoms with Gasteiger partial charge in [0.1, 0.15) is 11.5 Å². The SMILES string of the molecule is CCN1C(=O)C(=Cc2ccc(Br)o2)SC1=Nc1ccc(OC)cc1. The van der Waals surface area contributed by atoms with Crippen LogP contribution in [0.25, 0.3) is 6.08 Å². The Morgan fingerprint density at radius 3 is 2.62 bits per heavy atom. The molecule has 1 saturated heterocycles. The number of hydrogen-bond donors (Lipinski definition) is 0. The molecular formula is C17H15BrN2O3S. The van der Waals surface area contributed by atoms with Crippen molar-refractivity contribution in [3.05, 3.63) is 51.7 Å². The number of furan rings is 1.